The van der Waals surface area contributed by atoms with Gasteiger partial charge in [0, 0.05) is 24.2 Å². The Kier molecular flexibility index (Phi) is 5.47. The van der Waals surface area contributed by atoms with E-state index in [0.717, 1.165) is 30.6 Å². The topological polar surface area (TPSA) is 85.8 Å². The lowest BCUT2D eigenvalue weighted by atomic mass is 10.1. The lowest BCUT2D eigenvalue weighted by Crippen LogP contribution is -2.32. The molecule has 1 fully saturated rings. The summed E-state index contributed by atoms with van der Waals surface area (Å²) in [6.07, 6.45) is 5.36. The van der Waals surface area contributed by atoms with E-state index < -0.39 is 0 Å². The predicted octanol–water partition coefficient (Wildman–Crippen LogP) is 4.10. The van der Waals surface area contributed by atoms with Crippen molar-refractivity contribution in [1.29, 1.82) is 0 Å². The van der Waals surface area contributed by atoms with E-state index in [-0.39, 0.29) is 5.91 Å². The van der Waals surface area contributed by atoms with Crippen LogP contribution in [0.1, 0.15) is 61.5 Å². The molecule has 152 valence electrons. The predicted molar refractivity (Wildman–Crippen MR) is 110 cm³/mol. The van der Waals surface area contributed by atoms with E-state index in [1.807, 2.05) is 35.0 Å². The molecule has 0 atom stereocenters. The normalized spacial score (nSPS) is 14.6. The van der Waals surface area contributed by atoms with Crippen LogP contribution in [0.2, 0.25) is 0 Å². The van der Waals surface area contributed by atoms with Crippen LogP contribution in [0.3, 0.4) is 0 Å². The van der Waals surface area contributed by atoms with Crippen molar-refractivity contribution < 1.29 is 9.21 Å². The molecule has 0 aliphatic heterocycles. The van der Waals surface area contributed by atoms with Crippen molar-refractivity contribution >= 4 is 5.91 Å². The third kappa shape index (κ3) is 4.39. The molecule has 0 radical (unpaired) electrons. The Bertz CT molecular complexity index is 998. The van der Waals surface area contributed by atoms with Gasteiger partial charge in [-0.05, 0) is 49.4 Å². The molecule has 1 saturated carbocycles. The standard InChI is InChI=1S/C22H27N5O2/c1-14(2)11-19-13-20(22-25-24-15(3)29-22)26-27(19)18-10-6-7-16(12-18)21(28)23-17-8-4-5-9-17/h6-7,10,12-14,17H,4-5,8-9,11H2,1-3H3,(H,23,28). The first-order chi connectivity index (χ1) is 14.0. The number of benzene rings is 1. The van der Waals surface area contributed by atoms with E-state index in [2.05, 4.69) is 29.4 Å². The highest BCUT2D eigenvalue weighted by molar-refractivity contribution is 5.94. The van der Waals surface area contributed by atoms with Gasteiger partial charge in [-0.2, -0.15) is 5.10 Å². The lowest BCUT2D eigenvalue weighted by molar-refractivity contribution is 0.0938. The molecule has 3 aromatic rings. The van der Waals surface area contributed by atoms with Gasteiger partial charge >= 0.3 is 0 Å². The second-order valence-corrected chi connectivity index (χ2v) is 8.16. The highest BCUT2D eigenvalue weighted by Crippen LogP contribution is 2.24. The first-order valence-electron chi connectivity index (χ1n) is 10.3. The maximum absolute atomic E-state index is 12.7. The fraction of sp³-hybridized carbons (Fsp3) is 0.455. The van der Waals surface area contributed by atoms with Crippen molar-refractivity contribution in [2.24, 2.45) is 5.92 Å². The first-order valence-corrected chi connectivity index (χ1v) is 10.3. The summed E-state index contributed by atoms with van der Waals surface area (Å²) in [6.45, 7) is 6.09. The van der Waals surface area contributed by atoms with Crippen molar-refractivity contribution in [1.82, 2.24) is 25.3 Å². The van der Waals surface area contributed by atoms with Crippen molar-refractivity contribution in [2.45, 2.75) is 58.9 Å². The summed E-state index contributed by atoms with van der Waals surface area (Å²) in [5.74, 6) is 1.34. The number of hydrogen-bond donors (Lipinski definition) is 1. The Labute approximate surface area is 170 Å². The molecule has 0 spiro atoms. The van der Waals surface area contributed by atoms with Gasteiger partial charge in [-0.1, -0.05) is 32.8 Å². The quantitative estimate of drug-likeness (QED) is 0.681. The smallest absolute Gasteiger partial charge is 0.268 e. The maximum atomic E-state index is 12.7. The number of carbonyl (C=O) groups excluding carboxylic acids is 1. The van der Waals surface area contributed by atoms with Crippen LogP contribution in [-0.4, -0.2) is 31.9 Å². The third-order valence-electron chi connectivity index (χ3n) is 5.19. The monoisotopic (exact) mass is 393 g/mol. The van der Waals surface area contributed by atoms with Gasteiger partial charge in [-0.3, -0.25) is 4.79 Å². The van der Waals surface area contributed by atoms with Crippen molar-refractivity contribution in [3.8, 4) is 17.3 Å². The number of aryl methyl sites for hydroxylation is 1. The largest absolute Gasteiger partial charge is 0.420 e. The van der Waals surface area contributed by atoms with E-state index >= 15 is 0 Å². The van der Waals surface area contributed by atoms with Crippen LogP contribution in [0.4, 0.5) is 0 Å². The molecule has 7 heteroatoms. The molecule has 2 heterocycles. The average molecular weight is 393 g/mol. The Morgan fingerprint density at radius 1 is 1.24 bits per heavy atom. The molecule has 1 N–H and O–H groups in total. The highest BCUT2D eigenvalue weighted by Gasteiger charge is 2.20. The van der Waals surface area contributed by atoms with Crippen LogP contribution in [-0.2, 0) is 6.42 Å². The van der Waals surface area contributed by atoms with Gasteiger partial charge in [0.2, 0.25) is 5.89 Å². The minimum Gasteiger partial charge on any atom is -0.420 e. The second kappa shape index (κ2) is 8.19. The number of nitrogens with one attached hydrogen (secondary N) is 1. The van der Waals surface area contributed by atoms with Crippen LogP contribution < -0.4 is 5.32 Å². The molecule has 0 unspecified atom stereocenters. The van der Waals surface area contributed by atoms with E-state index in [4.69, 9.17) is 9.52 Å². The zero-order chi connectivity index (χ0) is 20.4. The number of nitrogens with zero attached hydrogens (tertiary/aromatic N) is 4. The Hall–Kier alpha value is -2.96. The first kappa shape index (κ1) is 19.4. The van der Waals surface area contributed by atoms with Gasteiger partial charge in [0.05, 0.1) is 5.69 Å². The summed E-state index contributed by atoms with van der Waals surface area (Å²) in [6, 6.07) is 9.88. The summed E-state index contributed by atoms with van der Waals surface area (Å²) in [4.78, 5) is 12.7. The molecule has 2 aromatic heterocycles. The summed E-state index contributed by atoms with van der Waals surface area (Å²) >= 11 is 0. The third-order valence-corrected chi connectivity index (χ3v) is 5.19. The number of hydrogen-bond acceptors (Lipinski definition) is 5. The summed E-state index contributed by atoms with van der Waals surface area (Å²) in [7, 11) is 0. The van der Waals surface area contributed by atoms with Crippen LogP contribution >= 0.6 is 0 Å². The fourth-order valence-electron chi connectivity index (χ4n) is 3.83. The molecule has 29 heavy (non-hydrogen) atoms. The summed E-state index contributed by atoms with van der Waals surface area (Å²) < 4.78 is 7.43. The maximum Gasteiger partial charge on any atom is 0.268 e. The fourth-order valence-corrected chi connectivity index (χ4v) is 3.83. The SMILES string of the molecule is Cc1nnc(-c2cc(CC(C)C)n(-c3cccc(C(=O)NC4CCCC4)c3)n2)o1. The molecule has 1 aliphatic carbocycles. The van der Waals surface area contributed by atoms with Gasteiger partial charge in [0.25, 0.3) is 11.8 Å². The van der Waals surface area contributed by atoms with E-state index in [1.54, 1.807) is 6.92 Å². The Morgan fingerprint density at radius 2 is 2.03 bits per heavy atom. The van der Waals surface area contributed by atoms with Gasteiger partial charge in [-0.15, -0.1) is 10.2 Å². The number of rotatable bonds is 6. The molecule has 7 nitrogen and oxygen atoms in total. The van der Waals surface area contributed by atoms with Gasteiger partial charge in [0.1, 0.15) is 5.69 Å². The molecule has 1 amide bonds. The summed E-state index contributed by atoms with van der Waals surface area (Å²) in [5, 5.41) is 15.9. The van der Waals surface area contributed by atoms with Crippen molar-refractivity contribution in [3.63, 3.8) is 0 Å². The Balaban J connectivity index is 1.65. The molecular formula is C22H27N5O2. The molecular weight excluding hydrogens is 366 g/mol. The Morgan fingerprint density at radius 3 is 2.72 bits per heavy atom. The van der Waals surface area contributed by atoms with Gasteiger partial charge < -0.3 is 9.73 Å². The van der Waals surface area contributed by atoms with Crippen molar-refractivity contribution in [2.75, 3.05) is 0 Å². The lowest BCUT2D eigenvalue weighted by Gasteiger charge is -2.13. The molecule has 1 aliphatic rings. The van der Waals surface area contributed by atoms with Crippen LogP contribution in [0, 0.1) is 12.8 Å². The van der Waals surface area contributed by atoms with Gasteiger partial charge in [0.15, 0.2) is 0 Å². The second-order valence-electron chi connectivity index (χ2n) is 8.16. The number of carbonyl (C=O) groups is 1. The van der Waals surface area contributed by atoms with Gasteiger partial charge in [-0.25, -0.2) is 4.68 Å². The number of aromatic nitrogens is 4. The zero-order valence-corrected chi connectivity index (χ0v) is 17.2. The molecule has 0 bridgehead atoms. The molecule has 4 rings (SSSR count). The summed E-state index contributed by atoms with van der Waals surface area (Å²) in [5.41, 5.74) is 3.18. The molecule has 1 aromatic carbocycles. The van der Waals surface area contributed by atoms with Crippen molar-refractivity contribution in [3.05, 3.63) is 47.5 Å². The number of amides is 1. The minimum absolute atomic E-state index is 0.0240. The van der Waals surface area contributed by atoms with E-state index in [0.29, 0.717) is 35.0 Å². The minimum atomic E-state index is -0.0240. The van der Waals surface area contributed by atoms with E-state index in [9.17, 15) is 4.79 Å². The van der Waals surface area contributed by atoms with Crippen LogP contribution in [0.15, 0.2) is 34.7 Å². The average Bonchev–Trinajstić information content (AvgIpc) is 3.43. The molecule has 0 saturated heterocycles. The van der Waals surface area contributed by atoms with Crippen LogP contribution in [0.5, 0.6) is 0 Å². The van der Waals surface area contributed by atoms with E-state index in [1.165, 1.54) is 12.8 Å². The van der Waals surface area contributed by atoms with Crippen LogP contribution in [0.25, 0.3) is 17.3 Å². The highest BCUT2D eigenvalue weighted by atomic mass is 16.4. The zero-order valence-electron chi connectivity index (χ0n) is 17.2.